The molecule has 1 aromatic heterocycles. The lowest BCUT2D eigenvalue weighted by Crippen LogP contribution is -2.13. The second-order valence-corrected chi connectivity index (χ2v) is 6.15. The van der Waals surface area contributed by atoms with Crippen LogP contribution in [-0.2, 0) is 6.18 Å². The first-order chi connectivity index (χ1) is 12.6. The van der Waals surface area contributed by atoms with Crippen LogP contribution in [0.25, 0.3) is 10.9 Å². The van der Waals surface area contributed by atoms with E-state index in [0.717, 1.165) is 22.8 Å². The first-order valence-electron chi connectivity index (χ1n) is 7.57. The van der Waals surface area contributed by atoms with Crippen LogP contribution >= 0.6 is 11.6 Å². The zero-order valence-electron chi connectivity index (χ0n) is 13.7. The van der Waals surface area contributed by atoms with Crippen molar-refractivity contribution in [2.75, 3.05) is 5.32 Å². The number of carbonyl (C=O) groups excluding carboxylic acids is 2. The van der Waals surface area contributed by atoms with Gasteiger partial charge in [-0.05, 0) is 36.4 Å². The Morgan fingerprint density at radius 2 is 1.81 bits per heavy atom. The molecule has 0 aliphatic carbocycles. The molecule has 0 spiro atoms. The molecule has 0 saturated carbocycles. The lowest BCUT2D eigenvalue weighted by molar-refractivity contribution is -0.137. The number of fused-ring (bicyclic) bond motifs is 1. The Morgan fingerprint density at radius 1 is 1.11 bits per heavy atom. The second-order valence-electron chi connectivity index (χ2n) is 5.74. The molecule has 2 aromatic carbocycles. The summed E-state index contributed by atoms with van der Waals surface area (Å²) < 4.78 is 53.6. The minimum atomic E-state index is -4.69. The number of rotatable bonds is 2. The Morgan fingerprint density at radius 3 is 2.44 bits per heavy atom. The van der Waals surface area contributed by atoms with Crippen LogP contribution in [0.4, 0.5) is 23.2 Å². The number of hydrogen-bond donors (Lipinski definition) is 1. The van der Waals surface area contributed by atoms with E-state index in [4.69, 9.17) is 11.6 Å². The summed E-state index contributed by atoms with van der Waals surface area (Å²) in [6.07, 6.45) is -3.48. The van der Waals surface area contributed by atoms with Gasteiger partial charge in [0.15, 0.2) is 0 Å². The van der Waals surface area contributed by atoms with Crippen molar-refractivity contribution in [2.24, 2.45) is 0 Å². The SMILES string of the molecule is CC(=O)n1cc(C(=O)Nc2ccc(Cl)c(C(F)(F)F)c2)c2cc(F)ccc21. The molecule has 0 unspecified atom stereocenters. The summed E-state index contributed by atoms with van der Waals surface area (Å²) in [7, 11) is 0. The monoisotopic (exact) mass is 398 g/mol. The maximum Gasteiger partial charge on any atom is 0.417 e. The van der Waals surface area contributed by atoms with E-state index in [-0.39, 0.29) is 16.6 Å². The molecule has 0 atom stereocenters. The van der Waals surface area contributed by atoms with Gasteiger partial charge in [0.05, 0.1) is 21.7 Å². The summed E-state index contributed by atoms with van der Waals surface area (Å²) in [5.41, 5.74) is -0.986. The van der Waals surface area contributed by atoms with Gasteiger partial charge in [0, 0.05) is 24.2 Å². The van der Waals surface area contributed by atoms with E-state index in [9.17, 15) is 27.2 Å². The van der Waals surface area contributed by atoms with Crippen LogP contribution in [0.2, 0.25) is 5.02 Å². The van der Waals surface area contributed by atoms with Crippen LogP contribution in [0.1, 0.15) is 27.6 Å². The average molecular weight is 399 g/mol. The third-order valence-corrected chi connectivity index (χ3v) is 4.21. The smallest absolute Gasteiger partial charge is 0.322 e. The molecular formula is C18H11ClF4N2O2. The Hall–Kier alpha value is -2.87. The Bertz CT molecular complexity index is 1070. The number of carbonyl (C=O) groups is 2. The molecule has 4 nitrogen and oxygen atoms in total. The minimum Gasteiger partial charge on any atom is -0.322 e. The van der Waals surface area contributed by atoms with Gasteiger partial charge >= 0.3 is 6.18 Å². The van der Waals surface area contributed by atoms with E-state index in [2.05, 4.69) is 5.32 Å². The third kappa shape index (κ3) is 3.66. The number of benzene rings is 2. The summed E-state index contributed by atoms with van der Waals surface area (Å²) in [5.74, 6) is -1.82. The maximum atomic E-state index is 13.6. The van der Waals surface area contributed by atoms with Gasteiger partial charge in [0.1, 0.15) is 5.82 Å². The molecule has 0 saturated heterocycles. The van der Waals surface area contributed by atoms with E-state index < -0.39 is 34.4 Å². The summed E-state index contributed by atoms with van der Waals surface area (Å²) in [4.78, 5) is 24.3. The highest BCUT2D eigenvalue weighted by atomic mass is 35.5. The molecule has 0 bridgehead atoms. The van der Waals surface area contributed by atoms with Crippen molar-refractivity contribution in [1.82, 2.24) is 4.57 Å². The third-order valence-electron chi connectivity index (χ3n) is 3.88. The van der Waals surface area contributed by atoms with Crippen molar-refractivity contribution in [3.8, 4) is 0 Å². The van der Waals surface area contributed by atoms with E-state index in [0.29, 0.717) is 11.6 Å². The molecule has 0 aliphatic heterocycles. The highest BCUT2D eigenvalue weighted by molar-refractivity contribution is 6.31. The zero-order chi connectivity index (χ0) is 19.9. The van der Waals surface area contributed by atoms with Crippen molar-refractivity contribution in [3.05, 3.63) is 64.6 Å². The largest absolute Gasteiger partial charge is 0.417 e. The Balaban J connectivity index is 2.03. The van der Waals surface area contributed by atoms with Gasteiger partial charge in [-0.1, -0.05) is 11.6 Å². The normalized spacial score (nSPS) is 11.6. The summed E-state index contributed by atoms with van der Waals surface area (Å²) in [5, 5.41) is 1.97. The van der Waals surface area contributed by atoms with Crippen molar-refractivity contribution in [2.45, 2.75) is 13.1 Å². The zero-order valence-corrected chi connectivity index (χ0v) is 14.5. The summed E-state index contributed by atoms with van der Waals surface area (Å²) in [6, 6.07) is 6.47. The fourth-order valence-corrected chi connectivity index (χ4v) is 2.89. The van der Waals surface area contributed by atoms with Gasteiger partial charge in [-0.3, -0.25) is 14.2 Å². The summed E-state index contributed by atoms with van der Waals surface area (Å²) in [6.45, 7) is 1.26. The summed E-state index contributed by atoms with van der Waals surface area (Å²) >= 11 is 5.55. The van der Waals surface area contributed by atoms with Gasteiger partial charge in [-0.2, -0.15) is 13.2 Å². The van der Waals surface area contributed by atoms with Crippen LogP contribution in [-0.4, -0.2) is 16.4 Å². The molecule has 9 heteroatoms. The highest BCUT2D eigenvalue weighted by Gasteiger charge is 2.33. The first-order valence-corrected chi connectivity index (χ1v) is 7.95. The van der Waals surface area contributed by atoms with Crippen molar-refractivity contribution in [1.29, 1.82) is 0 Å². The molecule has 0 aliphatic rings. The first kappa shape index (κ1) is 18.9. The lowest BCUT2D eigenvalue weighted by Gasteiger charge is -2.11. The van der Waals surface area contributed by atoms with E-state index >= 15 is 0 Å². The predicted molar refractivity (Wildman–Crippen MR) is 92.6 cm³/mol. The second kappa shape index (κ2) is 6.70. The standard InChI is InChI=1S/C18H11ClF4N2O2/c1-9(26)25-8-13(12-6-10(20)2-5-16(12)25)17(27)24-11-3-4-15(19)14(7-11)18(21,22)23/h2-8H,1H3,(H,24,27). The van der Waals surface area contributed by atoms with Crippen LogP contribution in [0.15, 0.2) is 42.6 Å². The van der Waals surface area contributed by atoms with E-state index in [1.807, 2.05) is 0 Å². The highest BCUT2D eigenvalue weighted by Crippen LogP contribution is 2.36. The minimum absolute atomic E-state index is 0.0526. The molecule has 140 valence electrons. The Labute approximate surface area is 155 Å². The number of nitrogens with one attached hydrogen (secondary N) is 1. The Kier molecular flexibility index (Phi) is 4.69. The van der Waals surface area contributed by atoms with Crippen LogP contribution in [0, 0.1) is 5.82 Å². The number of anilines is 1. The van der Waals surface area contributed by atoms with Crippen molar-refractivity contribution >= 4 is 40.0 Å². The number of amides is 1. The topological polar surface area (TPSA) is 51.1 Å². The molecule has 1 N–H and O–H groups in total. The molecule has 0 radical (unpaired) electrons. The maximum absolute atomic E-state index is 13.6. The van der Waals surface area contributed by atoms with E-state index in [1.54, 1.807) is 0 Å². The molecule has 3 aromatic rings. The number of aromatic nitrogens is 1. The van der Waals surface area contributed by atoms with Gasteiger partial charge in [0.2, 0.25) is 5.91 Å². The molecule has 1 heterocycles. The predicted octanol–water partition coefficient (Wildman–Crippen LogP) is 5.37. The fourth-order valence-electron chi connectivity index (χ4n) is 2.66. The van der Waals surface area contributed by atoms with Crippen molar-refractivity contribution in [3.63, 3.8) is 0 Å². The van der Waals surface area contributed by atoms with Gasteiger partial charge in [0.25, 0.3) is 5.91 Å². The van der Waals surface area contributed by atoms with Crippen LogP contribution in [0.5, 0.6) is 0 Å². The average Bonchev–Trinajstić information content (AvgIpc) is 2.94. The molecule has 3 rings (SSSR count). The van der Waals surface area contributed by atoms with Gasteiger partial charge < -0.3 is 5.32 Å². The number of hydrogen-bond acceptors (Lipinski definition) is 2. The lowest BCUT2D eigenvalue weighted by atomic mass is 10.1. The number of nitrogens with zero attached hydrogens (tertiary/aromatic N) is 1. The molecule has 1 amide bonds. The molecule has 27 heavy (non-hydrogen) atoms. The van der Waals surface area contributed by atoms with Crippen LogP contribution in [0.3, 0.4) is 0 Å². The molecule has 0 fully saturated rings. The molecular weight excluding hydrogens is 388 g/mol. The van der Waals surface area contributed by atoms with E-state index in [1.165, 1.54) is 25.3 Å². The van der Waals surface area contributed by atoms with Gasteiger partial charge in [-0.15, -0.1) is 0 Å². The van der Waals surface area contributed by atoms with Crippen molar-refractivity contribution < 1.29 is 27.2 Å². The fraction of sp³-hybridized carbons (Fsp3) is 0.111. The quantitative estimate of drug-likeness (QED) is 0.590. The number of alkyl halides is 3. The van der Waals surface area contributed by atoms with Gasteiger partial charge in [-0.25, -0.2) is 4.39 Å². The van der Waals surface area contributed by atoms with Crippen LogP contribution < -0.4 is 5.32 Å². The number of halogens is 5.